The van der Waals surface area contributed by atoms with Crippen molar-refractivity contribution in [3.05, 3.63) is 58.0 Å². The summed E-state index contributed by atoms with van der Waals surface area (Å²) in [5.41, 5.74) is 3.39. The Morgan fingerprint density at radius 2 is 1.75 bits per heavy atom. The van der Waals surface area contributed by atoms with Gasteiger partial charge in [-0.3, -0.25) is 14.5 Å². The molecule has 1 aromatic heterocycles. The first-order valence-corrected chi connectivity index (χ1v) is 10.4. The summed E-state index contributed by atoms with van der Waals surface area (Å²) in [4.78, 5) is 30.6. The summed E-state index contributed by atoms with van der Waals surface area (Å²) in [7, 11) is 0. The number of aromatic nitrogens is 1. The molecule has 1 aromatic carbocycles. The van der Waals surface area contributed by atoms with E-state index in [4.69, 9.17) is 0 Å². The van der Waals surface area contributed by atoms with Crippen LogP contribution in [0.25, 0.3) is 11.1 Å². The van der Waals surface area contributed by atoms with Crippen molar-refractivity contribution in [3.8, 4) is 11.1 Å². The summed E-state index contributed by atoms with van der Waals surface area (Å²) in [6.07, 6.45) is 1.72. The average Bonchev–Trinajstić information content (AvgIpc) is 3.18. The Kier molecular flexibility index (Phi) is 5.36. The van der Waals surface area contributed by atoms with E-state index in [0.717, 1.165) is 67.9 Å². The Labute approximate surface area is 166 Å². The molecule has 2 aromatic rings. The Hall–Kier alpha value is -2.40. The number of benzene rings is 1. The minimum atomic E-state index is 0.00431. The molecule has 3 heterocycles. The Balaban J connectivity index is 1.68. The van der Waals surface area contributed by atoms with Crippen LogP contribution >= 0.6 is 0 Å². The van der Waals surface area contributed by atoms with Crippen molar-refractivity contribution in [2.75, 3.05) is 32.7 Å². The van der Waals surface area contributed by atoms with Crippen LogP contribution in [0, 0.1) is 5.92 Å². The maximum absolute atomic E-state index is 13.6. The van der Waals surface area contributed by atoms with Crippen LogP contribution in [-0.4, -0.2) is 53.0 Å². The number of rotatable bonds is 4. The molecule has 5 heteroatoms. The summed E-state index contributed by atoms with van der Waals surface area (Å²) in [6, 6.07) is 11.5. The van der Waals surface area contributed by atoms with Crippen molar-refractivity contribution < 1.29 is 4.79 Å². The standard InChI is InChI=1S/C23H29N3O2/c1-17(2)16-24-11-13-25(14-12-24)23(28)22-19(18-7-4-3-5-8-18)15-21(27)26-10-6-9-20(22)26/h3-5,7-8,15,17H,6,9-14,16H2,1-2H3. The molecule has 28 heavy (non-hydrogen) atoms. The fourth-order valence-corrected chi connectivity index (χ4v) is 4.50. The lowest BCUT2D eigenvalue weighted by Gasteiger charge is -2.36. The van der Waals surface area contributed by atoms with Gasteiger partial charge in [0, 0.05) is 56.6 Å². The van der Waals surface area contributed by atoms with E-state index in [1.807, 2.05) is 35.2 Å². The van der Waals surface area contributed by atoms with Crippen LogP contribution in [0.15, 0.2) is 41.2 Å². The van der Waals surface area contributed by atoms with Crippen LogP contribution in [0.4, 0.5) is 0 Å². The third-order valence-corrected chi connectivity index (χ3v) is 5.79. The molecule has 0 aliphatic carbocycles. The molecule has 0 N–H and O–H groups in total. The van der Waals surface area contributed by atoms with Crippen molar-refractivity contribution in [2.24, 2.45) is 5.92 Å². The van der Waals surface area contributed by atoms with Crippen molar-refractivity contribution in [3.63, 3.8) is 0 Å². The smallest absolute Gasteiger partial charge is 0.256 e. The molecule has 1 fully saturated rings. The number of piperazine rings is 1. The van der Waals surface area contributed by atoms with Gasteiger partial charge in [-0.15, -0.1) is 0 Å². The minimum Gasteiger partial charge on any atom is -0.336 e. The van der Waals surface area contributed by atoms with Gasteiger partial charge in [0.1, 0.15) is 0 Å². The van der Waals surface area contributed by atoms with E-state index in [0.29, 0.717) is 12.5 Å². The monoisotopic (exact) mass is 379 g/mol. The van der Waals surface area contributed by atoms with Crippen molar-refractivity contribution in [2.45, 2.75) is 33.2 Å². The van der Waals surface area contributed by atoms with E-state index in [1.165, 1.54) is 0 Å². The predicted octanol–water partition coefficient (Wildman–Crippen LogP) is 2.88. The maximum Gasteiger partial charge on any atom is 0.256 e. The molecule has 0 radical (unpaired) electrons. The van der Waals surface area contributed by atoms with Gasteiger partial charge in [0.15, 0.2) is 0 Å². The molecule has 0 spiro atoms. The molecule has 1 amide bonds. The van der Waals surface area contributed by atoms with E-state index in [-0.39, 0.29) is 11.5 Å². The average molecular weight is 380 g/mol. The number of hydrogen-bond donors (Lipinski definition) is 0. The van der Waals surface area contributed by atoms with Crippen LogP contribution in [0.1, 0.15) is 36.3 Å². The highest BCUT2D eigenvalue weighted by molar-refractivity contribution is 6.02. The first-order valence-electron chi connectivity index (χ1n) is 10.4. The molecule has 2 aliphatic rings. The molecule has 0 atom stereocenters. The van der Waals surface area contributed by atoms with Gasteiger partial charge < -0.3 is 9.47 Å². The normalized spacial score (nSPS) is 17.2. The number of fused-ring (bicyclic) bond motifs is 1. The van der Waals surface area contributed by atoms with Crippen molar-refractivity contribution >= 4 is 5.91 Å². The van der Waals surface area contributed by atoms with Gasteiger partial charge in [0.25, 0.3) is 11.5 Å². The Bertz CT molecular complexity index is 909. The number of pyridine rings is 1. The van der Waals surface area contributed by atoms with Crippen LogP contribution in [0.2, 0.25) is 0 Å². The van der Waals surface area contributed by atoms with Crippen LogP contribution < -0.4 is 5.56 Å². The highest BCUT2D eigenvalue weighted by Crippen LogP contribution is 2.29. The zero-order valence-corrected chi connectivity index (χ0v) is 16.9. The second kappa shape index (κ2) is 7.92. The van der Waals surface area contributed by atoms with E-state index >= 15 is 0 Å². The molecular formula is C23H29N3O2. The number of amides is 1. The number of nitrogens with zero attached hydrogens (tertiary/aromatic N) is 3. The zero-order valence-electron chi connectivity index (χ0n) is 16.9. The Morgan fingerprint density at radius 3 is 2.43 bits per heavy atom. The van der Waals surface area contributed by atoms with Crippen LogP contribution in [-0.2, 0) is 13.0 Å². The highest BCUT2D eigenvalue weighted by atomic mass is 16.2. The Morgan fingerprint density at radius 1 is 1.04 bits per heavy atom. The van der Waals surface area contributed by atoms with E-state index in [2.05, 4.69) is 18.7 Å². The quantitative estimate of drug-likeness (QED) is 0.821. The number of hydrogen-bond acceptors (Lipinski definition) is 3. The highest BCUT2D eigenvalue weighted by Gasteiger charge is 2.30. The predicted molar refractivity (Wildman–Crippen MR) is 112 cm³/mol. The van der Waals surface area contributed by atoms with E-state index < -0.39 is 0 Å². The molecule has 0 unspecified atom stereocenters. The summed E-state index contributed by atoms with van der Waals surface area (Å²) in [5.74, 6) is 0.713. The lowest BCUT2D eigenvalue weighted by molar-refractivity contribution is 0.0623. The third-order valence-electron chi connectivity index (χ3n) is 5.79. The number of carbonyl (C=O) groups is 1. The molecule has 5 nitrogen and oxygen atoms in total. The molecule has 148 valence electrons. The lowest BCUT2D eigenvalue weighted by atomic mass is 9.96. The SMILES string of the molecule is CC(C)CN1CCN(C(=O)c2c(-c3ccccc3)cc(=O)n3c2CCC3)CC1. The second-order valence-electron chi connectivity index (χ2n) is 8.33. The van der Waals surface area contributed by atoms with Crippen molar-refractivity contribution in [1.82, 2.24) is 14.4 Å². The largest absolute Gasteiger partial charge is 0.336 e. The summed E-state index contributed by atoms with van der Waals surface area (Å²) in [6.45, 7) is 9.58. The topological polar surface area (TPSA) is 45.6 Å². The first kappa shape index (κ1) is 18.9. The molecule has 4 rings (SSSR count). The summed E-state index contributed by atoms with van der Waals surface area (Å²) in [5, 5.41) is 0. The molecule has 0 bridgehead atoms. The fraction of sp³-hybridized carbons (Fsp3) is 0.478. The molecule has 2 aliphatic heterocycles. The van der Waals surface area contributed by atoms with E-state index in [9.17, 15) is 9.59 Å². The van der Waals surface area contributed by atoms with Gasteiger partial charge in [-0.2, -0.15) is 0 Å². The number of carbonyl (C=O) groups excluding carboxylic acids is 1. The summed E-state index contributed by atoms with van der Waals surface area (Å²) < 4.78 is 1.80. The fourth-order valence-electron chi connectivity index (χ4n) is 4.50. The zero-order chi connectivity index (χ0) is 19.7. The van der Waals surface area contributed by atoms with Crippen LogP contribution in [0.3, 0.4) is 0 Å². The van der Waals surface area contributed by atoms with Gasteiger partial charge in [0.2, 0.25) is 0 Å². The molecule has 1 saturated heterocycles. The van der Waals surface area contributed by atoms with Gasteiger partial charge in [0.05, 0.1) is 5.56 Å². The van der Waals surface area contributed by atoms with Crippen molar-refractivity contribution in [1.29, 1.82) is 0 Å². The van der Waals surface area contributed by atoms with Gasteiger partial charge in [-0.05, 0) is 24.3 Å². The summed E-state index contributed by atoms with van der Waals surface area (Å²) >= 11 is 0. The maximum atomic E-state index is 13.6. The van der Waals surface area contributed by atoms with Gasteiger partial charge in [-0.25, -0.2) is 0 Å². The first-order chi connectivity index (χ1) is 13.5. The lowest BCUT2D eigenvalue weighted by Crippen LogP contribution is -2.49. The van der Waals surface area contributed by atoms with Gasteiger partial charge in [-0.1, -0.05) is 44.2 Å². The third kappa shape index (κ3) is 3.63. The van der Waals surface area contributed by atoms with Gasteiger partial charge >= 0.3 is 0 Å². The van der Waals surface area contributed by atoms with E-state index in [1.54, 1.807) is 10.6 Å². The molecular weight excluding hydrogens is 350 g/mol. The minimum absolute atomic E-state index is 0.00431. The second-order valence-corrected chi connectivity index (χ2v) is 8.33. The molecule has 0 saturated carbocycles. The van der Waals surface area contributed by atoms with Crippen LogP contribution in [0.5, 0.6) is 0 Å².